The van der Waals surface area contributed by atoms with E-state index in [0.717, 1.165) is 0 Å². The molecule has 1 aliphatic rings. The molecule has 0 spiro atoms. The van der Waals surface area contributed by atoms with Gasteiger partial charge >= 0.3 is 11.9 Å². The largest absolute Gasteiger partial charge is 0.481 e. The number of carbonyl (C=O) groups is 3. The van der Waals surface area contributed by atoms with E-state index >= 15 is 0 Å². The van der Waals surface area contributed by atoms with Crippen molar-refractivity contribution >= 4 is 17.8 Å². The fourth-order valence-electron chi connectivity index (χ4n) is 2.63. The fourth-order valence-corrected chi connectivity index (χ4v) is 2.63. The Hall–Kier alpha value is -1.59. The lowest BCUT2D eigenvalue weighted by molar-refractivity contribution is -0.143. The van der Waals surface area contributed by atoms with Gasteiger partial charge in [0.2, 0.25) is 5.91 Å². The van der Waals surface area contributed by atoms with Gasteiger partial charge in [0.25, 0.3) is 0 Å². The first-order valence-corrected chi connectivity index (χ1v) is 6.26. The number of carbonyl (C=O) groups excluding carboxylic acids is 1. The molecule has 0 aliphatic heterocycles. The molecule has 0 radical (unpaired) electrons. The van der Waals surface area contributed by atoms with Crippen molar-refractivity contribution in [2.24, 2.45) is 16.7 Å². The van der Waals surface area contributed by atoms with Crippen molar-refractivity contribution in [3.8, 4) is 0 Å². The van der Waals surface area contributed by atoms with E-state index in [0.29, 0.717) is 0 Å². The standard InChI is InChI=1S/C13H21NO5/c1-12(2)9(13(12,3)4)10(17)14-7(11(18)19)5-6-8(15)16/h7,9H,5-6H2,1-4H3,(H,14,17)(H,15,16)(H,18,19)/t7-/m0/s1. The minimum Gasteiger partial charge on any atom is -0.481 e. The second-order valence-electron chi connectivity index (χ2n) is 6.21. The summed E-state index contributed by atoms with van der Waals surface area (Å²) in [6, 6.07) is -1.14. The Morgan fingerprint density at radius 3 is 1.89 bits per heavy atom. The van der Waals surface area contributed by atoms with E-state index in [4.69, 9.17) is 10.2 Å². The Balaban J connectivity index is 2.64. The second kappa shape index (κ2) is 4.83. The van der Waals surface area contributed by atoms with Gasteiger partial charge in [-0.2, -0.15) is 0 Å². The molecule has 6 heteroatoms. The van der Waals surface area contributed by atoms with Gasteiger partial charge in [0, 0.05) is 12.3 Å². The fraction of sp³-hybridized carbons (Fsp3) is 0.769. The quantitative estimate of drug-likeness (QED) is 0.671. The third kappa shape index (κ3) is 2.88. The van der Waals surface area contributed by atoms with Crippen LogP contribution in [0.15, 0.2) is 0 Å². The van der Waals surface area contributed by atoms with Crippen LogP contribution in [0.5, 0.6) is 0 Å². The predicted octanol–water partition coefficient (Wildman–Crippen LogP) is 1.10. The maximum Gasteiger partial charge on any atom is 0.326 e. The van der Waals surface area contributed by atoms with Crippen LogP contribution in [0.4, 0.5) is 0 Å². The molecule has 1 saturated carbocycles. The number of nitrogens with one attached hydrogen (secondary N) is 1. The molecule has 108 valence electrons. The minimum absolute atomic E-state index is 0.107. The molecule has 19 heavy (non-hydrogen) atoms. The lowest BCUT2D eigenvalue weighted by Crippen LogP contribution is -2.42. The summed E-state index contributed by atoms with van der Waals surface area (Å²) in [5.74, 6) is -2.84. The molecule has 3 N–H and O–H groups in total. The minimum atomic E-state index is -1.20. The molecule has 1 aliphatic carbocycles. The third-order valence-corrected chi connectivity index (χ3v) is 4.54. The van der Waals surface area contributed by atoms with E-state index in [1.807, 2.05) is 27.7 Å². The predicted molar refractivity (Wildman–Crippen MR) is 67.5 cm³/mol. The number of amides is 1. The highest BCUT2D eigenvalue weighted by Gasteiger charge is 2.68. The Kier molecular flexibility index (Phi) is 3.93. The second-order valence-corrected chi connectivity index (χ2v) is 6.21. The topological polar surface area (TPSA) is 104 Å². The summed E-state index contributed by atoms with van der Waals surface area (Å²) >= 11 is 0. The van der Waals surface area contributed by atoms with Gasteiger partial charge in [0.05, 0.1) is 0 Å². The van der Waals surface area contributed by atoms with E-state index < -0.39 is 18.0 Å². The zero-order valence-corrected chi connectivity index (χ0v) is 11.7. The van der Waals surface area contributed by atoms with E-state index in [2.05, 4.69) is 5.32 Å². The van der Waals surface area contributed by atoms with Gasteiger partial charge in [-0.15, -0.1) is 0 Å². The number of hydrogen-bond donors (Lipinski definition) is 3. The van der Waals surface area contributed by atoms with Crippen LogP contribution < -0.4 is 5.32 Å². The van der Waals surface area contributed by atoms with Crippen LogP contribution in [0.25, 0.3) is 0 Å². The number of carboxylic acid groups (broad SMARTS) is 2. The van der Waals surface area contributed by atoms with Crippen molar-refractivity contribution in [2.75, 3.05) is 0 Å². The highest BCUT2D eigenvalue weighted by Crippen LogP contribution is 2.68. The Bertz CT molecular complexity index is 399. The zero-order chi connectivity index (χ0) is 15.0. The number of aliphatic carboxylic acids is 2. The summed E-state index contributed by atoms with van der Waals surface area (Å²) in [6.07, 6.45) is -0.390. The van der Waals surface area contributed by atoms with E-state index in [1.54, 1.807) is 0 Å². The van der Waals surface area contributed by atoms with E-state index in [9.17, 15) is 14.4 Å². The molecular weight excluding hydrogens is 250 g/mol. The first kappa shape index (κ1) is 15.5. The molecule has 1 atom stereocenters. The molecule has 0 aromatic rings. The maximum atomic E-state index is 12.1. The first-order chi connectivity index (χ1) is 8.51. The molecule has 0 heterocycles. The van der Waals surface area contributed by atoms with Crippen LogP contribution in [-0.2, 0) is 14.4 Å². The summed E-state index contributed by atoms with van der Waals surface area (Å²) in [6.45, 7) is 7.85. The first-order valence-electron chi connectivity index (χ1n) is 6.26. The molecule has 0 unspecified atom stereocenters. The smallest absolute Gasteiger partial charge is 0.326 e. The summed E-state index contributed by atoms with van der Waals surface area (Å²) in [5.41, 5.74) is -0.347. The van der Waals surface area contributed by atoms with Crippen LogP contribution in [-0.4, -0.2) is 34.1 Å². The van der Waals surface area contributed by atoms with Crippen LogP contribution in [0.3, 0.4) is 0 Å². The van der Waals surface area contributed by atoms with Crippen molar-refractivity contribution < 1.29 is 24.6 Å². The Morgan fingerprint density at radius 2 is 1.58 bits per heavy atom. The van der Waals surface area contributed by atoms with Gasteiger partial charge < -0.3 is 15.5 Å². The third-order valence-electron chi connectivity index (χ3n) is 4.54. The van der Waals surface area contributed by atoms with Gasteiger partial charge in [-0.05, 0) is 17.3 Å². The molecule has 0 aromatic heterocycles. The SMILES string of the molecule is CC1(C)C(C(=O)N[C@@H](CCC(=O)O)C(=O)O)C1(C)C. The summed E-state index contributed by atoms with van der Waals surface area (Å²) in [4.78, 5) is 33.5. The summed E-state index contributed by atoms with van der Waals surface area (Å²) in [5, 5.41) is 20.0. The highest BCUT2D eigenvalue weighted by atomic mass is 16.4. The van der Waals surface area contributed by atoms with Crippen molar-refractivity contribution in [3.63, 3.8) is 0 Å². The molecule has 1 fully saturated rings. The van der Waals surface area contributed by atoms with Gasteiger partial charge in [0.1, 0.15) is 6.04 Å². The number of rotatable bonds is 6. The normalized spacial score (nSPS) is 21.5. The molecular formula is C13H21NO5. The van der Waals surface area contributed by atoms with Gasteiger partial charge in [-0.3, -0.25) is 9.59 Å². The van der Waals surface area contributed by atoms with Crippen molar-refractivity contribution in [2.45, 2.75) is 46.6 Å². The summed E-state index contributed by atoms with van der Waals surface area (Å²) < 4.78 is 0. The highest BCUT2D eigenvalue weighted by molar-refractivity contribution is 5.88. The van der Waals surface area contributed by atoms with Crippen LogP contribution in [0.2, 0.25) is 0 Å². The lowest BCUT2D eigenvalue weighted by atomic mass is 10.0. The van der Waals surface area contributed by atoms with Gasteiger partial charge in [-0.25, -0.2) is 4.79 Å². The average molecular weight is 271 g/mol. The van der Waals surface area contributed by atoms with E-state index in [-0.39, 0.29) is 35.5 Å². The Morgan fingerprint density at radius 1 is 1.11 bits per heavy atom. The van der Waals surface area contributed by atoms with Gasteiger partial charge in [-0.1, -0.05) is 27.7 Å². The van der Waals surface area contributed by atoms with E-state index in [1.165, 1.54) is 0 Å². The van der Waals surface area contributed by atoms with Crippen LogP contribution >= 0.6 is 0 Å². The monoisotopic (exact) mass is 271 g/mol. The molecule has 1 rings (SSSR count). The van der Waals surface area contributed by atoms with Crippen molar-refractivity contribution in [1.82, 2.24) is 5.32 Å². The lowest BCUT2D eigenvalue weighted by Gasteiger charge is -2.14. The number of hydrogen-bond acceptors (Lipinski definition) is 3. The van der Waals surface area contributed by atoms with Crippen molar-refractivity contribution in [3.05, 3.63) is 0 Å². The molecule has 0 aromatic carbocycles. The molecule has 0 saturated heterocycles. The molecule has 1 amide bonds. The molecule has 0 bridgehead atoms. The van der Waals surface area contributed by atoms with Crippen molar-refractivity contribution in [1.29, 1.82) is 0 Å². The maximum absolute atomic E-state index is 12.1. The number of carboxylic acids is 2. The molecule has 6 nitrogen and oxygen atoms in total. The Labute approximate surface area is 112 Å². The van der Waals surface area contributed by atoms with Crippen LogP contribution in [0.1, 0.15) is 40.5 Å². The zero-order valence-electron chi connectivity index (χ0n) is 11.7. The average Bonchev–Trinajstić information content (AvgIpc) is 2.63. The summed E-state index contributed by atoms with van der Waals surface area (Å²) in [7, 11) is 0. The van der Waals surface area contributed by atoms with Crippen LogP contribution in [0, 0.1) is 16.7 Å². The van der Waals surface area contributed by atoms with Gasteiger partial charge in [0.15, 0.2) is 0 Å².